The van der Waals surface area contributed by atoms with Gasteiger partial charge < -0.3 is 25.2 Å². The summed E-state index contributed by atoms with van der Waals surface area (Å²) in [6, 6.07) is 0. The fraction of sp³-hybridized carbons (Fsp3) is 0.688. The van der Waals surface area contributed by atoms with Crippen molar-refractivity contribution in [2.45, 2.75) is 91.3 Å². The summed E-state index contributed by atoms with van der Waals surface area (Å²) in [5.41, 5.74) is 0.963. The molecule has 1 fully saturated rings. The SMILES string of the molecule is C=C(C)[C@@H]1CC=C2C(=CC[C@]3(C)[C@@H]([C@H](CCC(=C)[C@@](C)(O)CO)C(=O)O)[C@H](O)C[C@@]23C)[C@@]1(C)CCC(=O)OC. The number of carbonyl (C=O) groups is 2. The molecule has 7 heteroatoms. The van der Waals surface area contributed by atoms with Crippen LogP contribution in [-0.4, -0.2) is 57.8 Å². The van der Waals surface area contributed by atoms with E-state index in [2.05, 4.69) is 46.1 Å². The van der Waals surface area contributed by atoms with Gasteiger partial charge in [0.05, 0.1) is 25.7 Å². The zero-order valence-corrected chi connectivity index (χ0v) is 24.5. The van der Waals surface area contributed by atoms with Gasteiger partial charge in [-0.2, -0.15) is 0 Å². The fourth-order valence-electron chi connectivity index (χ4n) is 8.03. The molecule has 0 radical (unpaired) electrons. The average molecular weight is 545 g/mol. The molecular weight excluding hydrogens is 496 g/mol. The fourth-order valence-corrected chi connectivity index (χ4v) is 8.03. The number of methoxy groups -OCH3 is 1. The van der Waals surface area contributed by atoms with E-state index in [9.17, 15) is 30.0 Å². The van der Waals surface area contributed by atoms with Crippen molar-refractivity contribution in [3.05, 3.63) is 47.6 Å². The molecule has 0 aromatic heterocycles. The van der Waals surface area contributed by atoms with Gasteiger partial charge in [-0.15, -0.1) is 0 Å². The topological polar surface area (TPSA) is 124 Å². The smallest absolute Gasteiger partial charge is 0.306 e. The van der Waals surface area contributed by atoms with Crippen molar-refractivity contribution in [2.75, 3.05) is 13.7 Å². The molecule has 218 valence electrons. The molecule has 7 nitrogen and oxygen atoms in total. The Balaban J connectivity index is 2.02. The number of esters is 1. The number of fused-ring (bicyclic) bond motifs is 3. The van der Waals surface area contributed by atoms with Crippen LogP contribution >= 0.6 is 0 Å². The standard InChI is InChI=1S/C32H48O7/c1-19(2)22-11-12-24-23(29(22,4)15-14-26(35)39-8)13-16-30(5)27(25(34)17-31(24,30)6)21(28(36)37)10-9-20(3)32(7,38)18-33/h12-13,21-22,25,27,33-34,38H,1,3,9-11,14-18H2,2,4-8H3,(H,36,37)/t21-,22-,25+,27-,29-,30+,31-,32-/m0/s1. The Labute approximate surface area is 233 Å². The number of carbonyl (C=O) groups excluding carboxylic acids is 1. The molecule has 0 heterocycles. The molecule has 0 spiro atoms. The van der Waals surface area contributed by atoms with Crippen molar-refractivity contribution in [1.29, 1.82) is 0 Å². The van der Waals surface area contributed by atoms with Gasteiger partial charge in [0.25, 0.3) is 0 Å². The van der Waals surface area contributed by atoms with Crippen LogP contribution in [0.5, 0.6) is 0 Å². The largest absolute Gasteiger partial charge is 0.481 e. The van der Waals surface area contributed by atoms with E-state index in [0.29, 0.717) is 31.3 Å². The highest BCUT2D eigenvalue weighted by molar-refractivity contribution is 5.71. The van der Waals surface area contributed by atoms with Gasteiger partial charge in [0.2, 0.25) is 0 Å². The van der Waals surface area contributed by atoms with E-state index in [0.717, 1.165) is 17.6 Å². The minimum Gasteiger partial charge on any atom is -0.481 e. The molecule has 1 saturated carbocycles. The molecule has 0 aromatic rings. The number of rotatable bonds is 11. The Hall–Kier alpha value is -2.22. The predicted molar refractivity (Wildman–Crippen MR) is 151 cm³/mol. The summed E-state index contributed by atoms with van der Waals surface area (Å²) in [7, 11) is 1.40. The zero-order valence-electron chi connectivity index (χ0n) is 24.5. The number of carboxylic acids is 1. The molecule has 0 amide bonds. The highest BCUT2D eigenvalue weighted by Crippen LogP contribution is 2.70. The van der Waals surface area contributed by atoms with E-state index >= 15 is 0 Å². The zero-order chi connectivity index (χ0) is 29.6. The maximum Gasteiger partial charge on any atom is 0.306 e. The Bertz CT molecular complexity index is 1080. The third-order valence-corrected chi connectivity index (χ3v) is 10.8. The Kier molecular flexibility index (Phi) is 8.82. The lowest BCUT2D eigenvalue weighted by molar-refractivity contribution is -0.148. The number of carboxylic acid groups (broad SMARTS) is 1. The van der Waals surface area contributed by atoms with Crippen LogP contribution in [-0.2, 0) is 14.3 Å². The maximum absolute atomic E-state index is 12.6. The second-order valence-electron chi connectivity index (χ2n) is 13.1. The minimum absolute atomic E-state index is 0.157. The van der Waals surface area contributed by atoms with Crippen LogP contribution in [0.2, 0.25) is 0 Å². The second kappa shape index (κ2) is 11.0. The summed E-state index contributed by atoms with van der Waals surface area (Å²) >= 11 is 0. The van der Waals surface area contributed by atoms with Crippen molar-refractivity contribution in [3.63, 3.8) is 0 Å². The normalized spacial score (nSPS) is 36.0. The Morgan fingerprint density at radius 3 is 2.36 bits per heavy atom. The van der Waals surface area contributed by atoms with E-state index in [1.807, 2.05) is 6.92 Å². The molecule has 39 heavy (non-hydrogen) atoms. The van der Waals surface area contributed by atoms with Gasteiger partial charge >= 0.3 is 11.9 Å². The molecular formula is C32H48O7. The first-order valence-electron chi connectivity index (χ1n) is 14.1. The molecule has 0 bridgehead atoms. The van der Waals surface area contributed by atoms with E-state index < -0.39 is 46.9 Å². The maximum atomic E-state index is 12.6. The molecule has 3 aliphatic rings. The predicted octanol–water partition coefficient (Wildman–Crippen LogP) is 4.97. The van der Waals surface area contributed by atoms with Gasteiger partial charge in [-0.05, 0) is 85.8 Å². The van der Waals surface area contributed by atoms with Crippen LogP contribution in [0.3, 0.4) is 0 Å². The number of hydrogen-bond acceptors (Lipinski definition) is 6. The van der Waals surface area contributed by atoms with Crippen molar-refractivity contribution < 1.29 is 34.8 Å². The molecule has 8 atom stereocenters. The number of hydrogen-bond donors (Lipinski definition) is 4. The van der Waals surface area contributed by atoms with Crippen LogP contribution in [0.1, 0.15) is 79.6 Å². The number of allylic oxidation sites excluding steroid dienone is 5. The van der Waals surface area contributed by atoms with Gasteiger partial charge in [0.15, 0.2) is 0 Å². The lowest BCUT2D eigenvalue weighted by Crippen LogP contribution is -2.48. The first kappa shape index (κ1) is 31.3. The van der Waals surface area contributed by atoms with Gasteiger partial charge in [0.1, 0.15) is 5.60 Å². The minimum atomic E-state index is -1.49. The van der Waals surface area contributed by atoms with Crippen LogP contribution in [0.4, 0.5) is 0 Å². The monoisotopic (exact) mass is 544 g/mol. The third kappa shape index (κ3) is 5.18. The lowest BCUT2D eigenvalue weighted by Gasteiger charge is -2.56. The Morgan fingerprint density at radius 2 is 1.82 bits per heavy atom. The molecule has 0 aromatic carbocycles. The molecule has 0 unspecified atom stereocenters. The van der Waals surface area contributed by atoms with E-state index in [1.165, 1.54) is 19.6 Å². The summed E-state index contributed by atoms with van der Waals surface area (Å²) in [6.45, 7) is 17.6. The summed E-state index contributed by atoms with van der Waals surface area (Å²) in [4.78, 5) is 24.8. The van der Waals surface area contributed by atoms with E-state index in [4.69, 9.17) is 4.74 Å². The quantitative estimate of drug-likeness (QED) is 0.214. The summed E-state index contributed by atoms with van der Waals surface area (Å²) in [5.74, 6) is -2.41. The number of aliphatic hydroxyl groups excluding tert-OH is 2. The molecule has 0 saturated heterocycles. The highest BCUT2D eigenvalue weighted by Gasteiger charge is 2.65. The van der Waals surface area contributed by atoms with Gasteiger partial charge in [-0.1, -0.05) is 51.7 Å². The van der Waals surface area contributed by atoms with Crippen LogP contribution in [0.15, 0.2) is 47.6 Å². The number of ether oxygens (including phenoxy) is 1. The average Bonchev–Trinajstić information content (AvgIpc) is 3.07. The third-order valence-electron chi connectivity index (χ3n) is 10.8. The van der Waals surface area contributed by atoms with Crippen molar-refractivity contribution in [1.82, 2.24) is 0 Å². The molecule has 4 N–H and O–H groups in total. The molecule has 3 aliphatic carbocycles. The van der Waals surface area contributed by atoms with Crippen molar-refractivity contribution in [3.8, 4) is 0 Å². The van der Waals surface area contributed by atoms with Crippen LogP contribution < -0.4 is 0 Å². The molecule has 3 rings (SSSR count). The lowest BCUT2D eigenvalue weighted by atomic mass is 9.48. The van der Waals surface area contributed by atoms with Crippen LogP contribution in [0, 0.1) is 34.0 Å². The van der Waals surface area contributed by atoms with Gasteiger partial charge in [-0.25, -0.2) is 0 Å². The van der Waals surface area contributed by atoms with Crippen LogP contribution in [0.25, 0.3) is 0 Å². The first-order chi connectivity index (χ1) is 18.0. The molecule has 0 aliphatic heterocycles. The number of aliphatic carboxylic acids is 1. The highest BCUT2D eigenvalue weighted by atomic mass is 16.5. The van der Waals surface area contributed by atoms with E-state index in [-0.39, 0.29) is 30.1 Å². The van der Waals surface area contributed by atoms with E-state index in [1.54, 1.807) is 0 Å². The number of aliphatic hydroxyl groups is 3. The van der Waals surface area contributed by atoms with Crippen molar-refractivity contribution >= 4 is 11.9 Å². The summed E-state index contributed by atoms with van der Waals surface area (Å²) in [6.07, 6.45) is 6.83. The summed E-state index contributed by atoms with van der Waals surface area (Å²) in [5, 5.41) is 41.7. The Morgan fingerprint density at radius 1 is 1.18 bits per heavy atom. The van der Waals surface area contributed by atoms with Gasteiger partial charge in [0, 0.05) is 17.8 Å². The second-order valence-corrected chi connectivity index (χ2v) is 13.1. The van der Waals surface area contributed by atoms with Gasteiger partial charge in [-0.3, -0.25) is 9.59 Å². The first-order valence-corrected chi connectivity index (χ1v) is 14.1. The van der Waals surface area contributed by atoms with Crippen molar-refractivity contribution in [2.24, 2.45) is 34.0 Å². The summed E-state index contributed by atoms with van der Waals surface area (Å²) < 4.78 is 4.95.